The Hall–Kier alpha value is -0.0800. The SMILES string of the molecule is C.C.CCO.CO. The molecule has 0 fully saturated rings. The second kappa shape index (κ2) is 169. The van der Waals surface area contributed by atoms with Crippen molar-refractivity contribution in [1.29, 1.82) is 0 Å². The molecule has 0 unspecified atom stereocenters. The van der Waals surface area contributed by atoms with Crippen molar-refractivity contribution in [2.75, 3.05) is 13.7 Å². The first-order valence-electron chi connectivity index (χ1n) is 1.47. The van der Waals surface area contributed by atoms with Crippen LogP contribution in [0.5, 0.6) is 0 Å². The molecule has 0 radical (unpaired) electrons. The molecule has 2 heteroatoms. The third-order valence-corrected chi connectivity index (χ3v) is 0. The summed E-state index contributed by atoms with van der Waals surface area (Å²) in [4.78, 5) is 0. The largest absolute Gasteiger partial charge is 0.400 e. The number of aliphatic hydroxyl groups excluding tert-OH is 2. The van der Waals surface area contributed by atoms with E-state index in [1.807, 2.05) is 0 Å². The summed E-state index contributed by atoms with van der Waals surface area (Å²) in [6, 6.07) is 0. The van der Waals surface area contributed by atoms with E-state index in [1.54, 1.807) is 6.92 Å². The van der Waals surface area contributed by atoms with Gasteiger partial charge < -0.3 is 10.2 Å². The van der Waals surface area contributed by atoms with Gasteiger partial charge in [-0.3, -0.25) is 0 Å². The highest BCUT2D eigenvalue weighted by atomic mass is 16.2. The number of rotatable bonds is 0. The lowest BCUT2D eigenvalue weighted by atomic mass is 10.9. The van der Waals surface area contributed by atoms with Crippen LogP contribution in [-0.2, 0) is 0 Å². The molecule has 2 N–H and O–H groups in total. The van der Waals surface area contributed by atoms with E-state index in [4.69, 9.17) is 10.2 Å². The molecule has 0 aliphatic carbocycles. The highest BCUT2D eigenvalue weighted by Gasteiger charge is 1.34. The molecule has 0 aromatic carbocycles. The Kier molecular flexibility index (Phi) is 688. The quantitative estimate of drug-likeness (QED) is 0.486. The van der Waals surface area contributed by atoms with Gasteiger partial charge in [-0.2, -0.15) is 0 Å². The summed E-state index contributed by atoms with van der Waals surface area (Å²) in [7, 11) is 1.00. The van der Waals surface area contributed by atoms with Gasteiger partial charge in [0.2, 0.25) is 0 Å². The molecule has 0 saturated heterocycles. The first-order chi connectivity index (χ1) is 2.41. The maximum absolute atomic E-state index is 7.57. The zero-order valence-electron chi connectivity index (χ0n) is 3.60. The Morgan fingerprint density at radius 1 is 1.14 bits per heavy atom. The van der Waals surface area contributed by atoms with Gasteiger partial charge in [0.15, 0.2) is 0 Å². The lowest BCUT2D eigenvalue weighted by molar-refractivity contribution is 0.318. The van der Waals surface area contributed by atoms with Gasteiger partial charge in [-0.05, 0) is 6.92 Å². The Morgan fingerprint density at radius 2 is 1.14 bits per heavy atom. The maximum Gasteiger partial charge on any atom is 0.0402 e. The van der Waals surface area contributed by atoms with Crippen molar-refractivity contribution in [3.63, 3.8) is 0 Å². The minimum absolute atomic E-state index is 0. The van der Waals surface area contributed by atoms with Gasteiger partial charge in [-0.25, -0.2) is 0 Å². The van der Waals surface area contributed by atoms with Gasteiger partial charge in [0.1, 0.15) is 0 Å². The molecule has 0 saturated carbocycles. The normalized spacial score (nSPS) is 3.43. The second-order valence-electron chi connectivity index (χ2n) is 0.316. The van der Waals surface area contributed by atoms with E-state index in [9.17, 15) is 0 Å². The molecular formula is C5H18O2. The van der Waals surface area contributed by atoms with Crippen LogP contribution < -0.4 is 0 Å². The van der Waals surface area contributed by atoms with E-state index in [0.717, 1.165) is 7.11 Å². The lowest BCUT2D eigenvalue weighted by Gasteiger charge is -1.52. The van der Waals surface area contributed by atoms with Gasteiger partial charge in [0.05, 0.1) is 0 Å². The average Bonchev–Trinajstić information content (AvgIpc) is 1.46. The third kappa shape index (κ3) is 14200. The topological polar surface area (TPSA) is 40.5 Å². The average molecular weight is 110 g/mol. The van der Waals surface area contributed by atoms with Crippen LogP contribution in [0.25, 0.3) is 0 Å². The molecule has 0 spiro atoms. The van der Waals surface area contributed by atoms with Crippen LogP contribution in [0.2, 0.25) is 0 Å². The van der Waals surface area contributed by atoms with Crippen LogP contribution in [-0.4, -0.2) is 23.9 Å². The molecule has 0 amide bonds. The van der Waals surface area contributed by atoms with E-state index in [2.05, 4.69) is 0 Å². The number of hydrogen-bond donors (Lipinski definition) is 2. The second-order valence-corrected chi connectivity index (χ2v) is 0.316. The number of aliphatic hydroxyl groups is 2. The molecule has 7 heavy (non-hydrogen) atoms. The first-order valence-corrected chi connectivity index (χ1v) is 1.47. The van der Waals surface area contributed by atoms with E-state index in [-0.39, 0.29) is 21.5 Å². The predicted octanol–water partition coefficient (Wildman–Crippen LogP) is 0.879. The summed E-state index contributed by atoms with van der Waals surface area (Å²) < 4.78 is 0. The highest BCUT2D eigenvalue weighted by Crippen LogP contribution is 1.30. The van der Waals surface area contributed by atoms with Crippen LogP contribution in [0.3, 0.4) is 0 Å². The molecule has 2 nitrogen and oxygen atoms in total. The van der Waals surface area contributed by atoms with Crippen LogP contribution in [0, 0.1) is 0 Å². The third-order valence-electron chi connectivity index (χ3n) is 0. The fourth-order valence-corrected chi connectivity index (χ4v) is 0. The summed E-state index contributed by atoms with van der Waals surface area (Å²) >= 11 is 0. The number of hydrogen-bond acceptors (Lipinski definition) is 2. The van der Waals surface area contributed by atoms with Crippen molar-refractivity contribution >= 4 is 0 Å². The lowest BCUT2D eigenvalue weighted by Crippen LogP contribution is -1.57. The Labute approximate surface area is 46.8 Å². The van der Waals surface area contributed by atoms with Crippen LogP contribution in [0.15, 0.2) is 0 Å². The summed E-state index contributed by atoms with van der Waals surface area (Å²) in [5.41, 5.74) is 0. The summed E-state index contributed by atoms with van der Waals surface area (Å²) in [5.74, 6) is 0. The predicted molar refractivity (Wildman–Crippen MR) is 34.4 cm³/mol. The molecule has 0 aromatic rings. The summed E-state index contributed by atoms with van der Waals surface area (Å²) in [6.45, 7) is 1.93. The van der Waals surface area contributed by atoms with E-state index >= 15 is 0 Å². The van der Waals surface area contributed by atoms with Gasteiger partial charge in [-0.15, -0.1) is 0 Å². The molecule has 0 bridgehead atoms. The Balaban J connectivity index is -0.0000000105. The van der Waals surface area contributed by atoms with Gasteiger partial charge in [0, 0.05) is 13.7 Å². The van der Waals surface area contributed by atoms with Crippen LogP contribution >= 0.6 is 0 Å². The minimum Gasteiger partial charge on any atom is -0.400 e. The van der Waals surface area contributed by atoms with Crippen molar-refractivity contribution in [1.82, 2.24) is 0 Å². The Morgan fingerprint density at radius 3 is 1.14 bits per heavy atom. The van der Waals surface area contributed by atoms with Crippen molar-refractivity contribution < 1.29 is 10.2 Å². The van der Waals surface area contributed by atoms with Crippen molar-refractivity contribution in [2.24, 2.45) is 0 Å². The van der Waals surface area contributed by atoms with Crippen molar-refractivity contribution in [3.05, 3.63) is 0 Å². The molecule has 0 heterocycles. The van der Waals surface area contributed by atoms with Gasteiger partial charge >= 0.3 is 0 Å². The standard InChI is InChI=1S/C2H6O.CH4O.2CH4/c1-2-3;1-2;;/h3H,2H2,1H3;2H,1H3;2*1H4. The van der Waals surface area contributed by atoms with Crippen molar-refractivity contribution in [2.45, 2.75) is 21.8 Å². The van der Waals surface area contributed by atoms with Crippen LogP contribution in [0.1, 0.15) is 21.8 Å². The maximum atomic E-state index is 7.57. The molecular weight excluding hydrogens is 92.1 g/mol. The van der Waals surface area contributed by atoms with E-state index in [1.165, 1.54) is 0 Å². The van der Waals surface area contributed by atoms with Gasteiger partial charge in [-0.1, -0.05) is 14.9 Å². The van der Waals surface area contributed by atoms with Gasteiger partial charge in [0.25, 0.3) is 0 Å². The fraction of sp³-hybridized carbons (Fsp3) is 1.00. The van der Waals surface area contributed by atoms with Crippen molar-refractivity contribution in [3.8, 4) is 0 Å². The smallest absolute Gasteiger partial charge is 0.0402 e. The zero-order chi connectivity index (χ0) is 4.71. The summed E-state index contributed by atoms with van der Waals surface area (Å²) in [6.07, 6.45) is 0. The molecule has 50 valence electrons. The first kappa shape index (κ1) is 28.4. The van der Waals surface area contributed by atoms with E-state index in [0.29, 0.717) is 0 Å². The highest BCUT2D eigenvalue weighted by molar-refractivity contribution is 3.84. The molecule has 0 aliphatic heterocycles. The molecule has 0 aromatic heterocycles. The molecule has 0 atom stereocenters. The van der Waals surface area contributed by atoms with E-state index < -0.39 is 0 Å². The zero-order valence-corrected chi connectivity index (χ0v) is 3.60. The monoisotopic (exact) mass is 110 g/mol. The van der Waals surface area contributed by atoms with Crippen LogP contribution in [0.4, 0.5) is 0 Å². The minimum atomic E-state index is 0. The molecule has 0 aliphatic rings. The Bertz CT molecular complexity index is 6.04. The summed E-state index contributed by atoms with van der Waals surface area (Å²) in [5, 5.41) is 14.6. The molecule has 0 rings (SSSR count). The fourth-order valence-electron chi connectivity index (χ4n) is 0.